The summed E-state index contributed by atoms with van der Waals surface area (Å²) in [7, 11) is 0. The average Bonchev–Trinajstić information content (AvgIpc) is 2.66. The summed E-state index contributed by atoms with van der Waals surface area (Å²) in [5.74, 6) is 0. The number of aliphatic hydroxyl groups is 1. The highest BCUT2D eigenvalue weighted by atomic mass is 79.9. The standard InChI is InChI=1S/C16H32BrNO/c1-3-15(4-2)18(11-12-19)14-16(13-17)9-7-5-6-8-10-16/h15,19H,3-14H2,1-2H3. The first-order valence-electron chi connectivity index (χ1n) is 8.12. The Morgan fingerprint density at radius 3 is 2.11 bits per heavy atom. The minimum Gasteiger partial charge on any atom is -0.395 e. The molecule has 0 atom stereocenters. The summed E-state index contributed by atoms with van der Waals surface area (Å²) in [6.45, 7) is 6.82. The summed E-state index contributed by atoms with van der Waals surface area (Å²) in [4.78, 5) is 2.55. The molecule has 1 aliphatic carbocycles. The van der Waals surface area contributed by atoms with Gasteiger partial charge in [-0.2, -0.15) is 0 Å². The minimum absolute atomic E-state index is 0.287. The molecule has 1 N–H and O–H groups in total. The van der Waals surface area contributed by atoms with Crippen LogP contribution in [-0.4, -0.2) is 41.1 Å². The molecule has 0 heterocycles. The van der Waals surface area contributed by atoms with E-state index in [0.717, 1.165) is 18.4 Å². The summed E-state index contributed by atoms with van der Waals surface area (Å²) in [5, 5.41) is 10.5. The molecule has 1 fully saturated rings. The van der Waals surface area contributed by atoms with Gasteiger partial charge in [0.1, 0.15) is 0 Å². The maximum atomic E-state index is 9.36. The molecular formula is C16H32BrNO. The number of nitrogens with zero attached hydrogens (tertiary/aromatic N) is 1. The number of halogens is 1. The zero-order valence-electron chi connectivity index (χ0n) is 12.8. The van der Waals surface area contributed by atoms with Crippen molar-refractivity contribution >= 4 is 15.9 Å². The fraction of sp³-hybridized carbons (Fsp3) is 1.00. The quantitative estimate of drug-likeness (QED) is 0.531. The van der Waals surface area contributed by atoms with Crippen LogP contribution in [0.4, 0.5) is 0 Å². The van der Waals surface area contributed by atoms with Gasteiger partial charge in [0.05, 0.1) is 6.61 Å². The van der Waals surface area contributed by atoms with Crippen LogP contribution in [-0.2, 0) is 0 Å². The molecule has 0 unspecified atom stereocenters. The number of aliphatic hydroxyl groups excluding tert-OH is 1. The second-order valence-corrected chi connectivity index (χ2v) is 6.77. The summed E-state index contributed by atoms with van der Waals surface area (Å²) < 4.78 is 0. The molecule has 0 radical (unpaired) electrons. The topological polar surface area (TPSA) is 23.5 Å². The first-order chi connectivity index (χ1) is 9.21. The highest BCUT2D eigenvalue weighted by Crippen LogP contribution is 2.38. The maximum Gasteiger partial charge on any atom is 0.0558 e. The van der Waals surface area contributed by atoms with Gasteiger partial charge in [0, 0.05) is 24.5 Å². The highest BCUT2D eigenvalue weighted by molar-refractivity contribution is 9.09. The second-order valence-electron chi connectivity index (χ2n) is 6.21. The van der Waals surface area contributed by atoms with Crippen LogP contribution >= 0.6 is 15.9 Å². The molecule has 1 rings (SSSR count). The van der Waals surface area contributed by atoms with Gasteiger partial charge in [-0.3, -0.25) is 4.90 Å². The Labute approximate surface area is 128 Å². The fourth-order valence-corrected chi connectivity index (χ4v) is 4.31. The van der Waals surface area contributed by atoms with Gasteiger partial charge in [-0.05, 0) is 31.1 Å². The van der Waals surface area contributed by atoms with Crippen LogP contribution in [0.25, 0.3) is 0 Å². The van der Waals surface area contributed by atoms with Crippen molar-refractivity contribution in [2.45, 2.75) is 71.3 Å². The van der Waals surface area contributed by atoms with Crippen LogP contribution in [0.1, 0.15) is 65.2 Å². The maximum absolute atomic E-state index is 9.36. The van der Waals surface area contributed by atoms with Crippen LogP contribution in [0.2, 0.25) is 0 Å². The normalized spacial score (nSPS) is 19.9. The van der Waals surface area contributed by atoms with E-state index in [1.165, 1.54) is 51.4 Å². The molecule has 0 amide bonds. The number of rotatable bonds is 8. The molecule has 1 saturated carbocycles. The summed E-state index contributed by atoms with van der Waals surface area (Å²) in [5.41, 5.74) is 0.439. The van der Waals surface area contributed by atoms with Crippen molar-refractivity contribution in [2.75, 3.05) is 25.0 Å². The van der Waals surface area contributed by atoms with E-state index in [-0.39, 0.29) is 6.61 Å². The molecule has 0 aromatic carbocycles. The van der Waals surface area contributed by atoms with Gasteiger partial charge < -0.3 is 5.11 Å². The van der Waals surface area contributed by atoms with Gasteiger partial charge in [0.25, 0.3) is 0 Å². The Morgan fingerprint density at radius 2 is 1.68 bits per heavy atom. The Hall–Kier alpha value is 0.400. The SMILES string of the molecule is CCC(CC)N(CCO)CC1(CBr)CCCCCC1. The Balaban J connectivity index is 2.72. The zero-order valence-corrected chi connectivity index (χ0v) is 14.4. The minimum atomic E-state index is 0.287. The van der Waals surface area contributed by atoms with Gasteiger partial charge >= 0.3 is 0 Å². The lowest BCUT2D eigenvalue weighted by Gasteiger charge is -2.40. The first kappa shape index (κ1) is 17.5. The average molecular weight is 334 g/mol. The Kier molecular flexibility index (Phi) is 8.59. The van der Waals surface area contributed by atoms with Crippen LogP contribution in [0.15, 0.2) is 0 Å². The van der Waals surface area contributed by atoms with E-state index >= 15 is 0 Å². The van der Waals surface area contributed by atoms with E-state index in [9.17, 15) is 5.11 Å². The van der Waals surface area contributed by atoms with Gasteiger partial charge in [-0.1, -0.05) is 55.5 Å². The van der Waals surface area contributed by atoms with Gasteiger partial charge in [0.15, 0.2) is 0 Å². The van der Waals surface area contributed by atoms with E-state index in [1.54, 1.807) is 0 Å². The second kappa shape index (κ2) is 9.36. The van der Waals surface area contributed by atoms with E-state index in [2.05, 4.69) is 34.7 Å². The third kappa shape index (κ3) is 5.35. The summed E-state index contributed by atoms with van der Waals surface area (Å²) in [6.07, 6.45) is 10.6. The number of hydrogen-bond acceptors (Lipinski definition) is 2. The molecule has 19 heavy (non-hydrogen) atoms. The molecule has 0 bridgehead atoms. The van der Waals surface area contributed by atoms with Gasteiger partial charge in [0.2, 0.25) is 0 Å². The van der Waals surface area contributed by atoms with Crippen molar-refractivity contribution in [2.24, 2.45) is 5.41 Å². The van der Waals surface area contributed by atoms with E-state index in [0.29, 0.717) is 11.5 Å². The lowest BCUT2D eigenvalue weighted by molar-refractivity contribution is 0.0848. The Bertz CT molecular complexity index is 223. The van der Waals surface area contributed by atoms with Crippen molar-refractivity contribution in [3.8, 4) is 0 Å². The van der Waals surface area contributed by atoms with Crippen molar-refractivity contribution < 1.29 is 5.11 Å². The van der Waals surface area contributed by atoms with Crippen molar-refractivity contribution in [1.82, 2.24) is 4.90 Å². The summed E-state index contributed by atoms with van der Waals surface area (Å²) in [6, 6.07) is 0.631. The third-order valence-electron chi connectivity index (χ3n) is 4.83. The van der Waals surface area contributed by atoms with Crippen LogP contribution in [0, 0.1) is 5.41 Å². The van der Waals surface area contributed by atoms with E-state index in [4.69, 9.17) is 0 Å². The van der Waals surface area contributed by atoms with Gasteiger partial charge in [-0.25, -0.2) is 0 Å². The largest absolute Gasteiger partial charge is 0.395 e. The lowest BCUT2D eigenvalue weighted by Crippen LogP contribution is -2.45. The molecule has 114 valence electrons. The predicted octanol–water partition coefficient (Wildman–Crippen LogP) is 4.20. The number of alkyl halides is 1. The van der Waals surface area contributed by atoms with E-state index < -0.39 is 0 Å². The third-order valence-corrected chi connectivity index (χ3v) is 6.02. The first-order valence-corrected chi connectivity index (χ1v) is 9.24. The molecule has 0 spiro atoms. The molecule has 0 aromatic rings. The molecular weight excluding hydrogens is 302 g/mol. The molecule has 0 saturated heterocycles. The van der Waals surface area contributed by atoms with Crippen molar-refractivity contribution in [3.05, 3.63) is 0 Å². The van der Waals surface area contributed by atoms with Crippen molar-refractivity contribution in [3.63, 3.8) is 0 Å². The molecule has 3 heteroatoms. The lowest BCUT2D eigenvalue weighted by atomic mass is 9.81. The van der Waals surface area contributed by atoms with E-state index in [1.807, 2.05) is 0 Å². The van der Waals surface area contributed by atoms with Crippen LogP contribution in [0.3, 0.4) is 0 Å². The summed E-state index contributed by atoms with van der Waals surface area (Å²) >= 11 is 3.79. The molecule has 1 aliphatic rings. The molecule has 0 aliphatic heterocycles. The smallest absolute Gasteiger partial charge is 0.0558 e. The fourth-order valence-electron chi connectivity index (χ4n) is 3.57. The Morgan fingerprint density at radius 1 is 1.11 bits per heavy atom. The molecule has 0 aromatic heterocycles. The predicted molar refractivity (Wildman–Crippen MR) is 87.0 cm³/mol. The van der Waals surface area contributed by atoms with Crippen LogP contribution in [0.5, 0.6) is 0 Å². The highest BCUT2D eigenvalue weighted by Gasteiger charge is 2.33. The molecule has 2 nitrogen and oxygen atoms in total. The number of hydrogen-bond donors (Lipinski definition) is 1. The monoisotopic (exact) mass is 333 g/mol. The zero-order chi connectivity index (χ0) is 14.1. The van der Waals surface area contributed by atoms with Crippen LogP contribution < -0.4 is 0 Å². The van der Waals surface area contributed by atoms with Crippen molar-refractivity contribution in [1.29, 1.82) is 0 Å². The van der Waals surface area contributed by atoms with Gasteiger partial charge in [-0.15, -0.1) is 0 Å².